The molecule has 0 saturated carbocycles. The lowest BCUT2D eigenvalue weighted by Gasteiger charge is -2.45. The first kappa shape index (κ1) is 20.2. The van der Waals surface area contributed by atoms with Gasteiger partial charge >= 0.3 is 0 Å². The maximum absolute atomic E-state index is 14.3. The Hall–Kier alpha value is -1.14. The van der Waals surface area contributed by atoms with Crippen LogP contribution in [0.15, 0.2) is 12.1 Å². The standard InChI is InChI=1S/C19H31F2NO2Si/c1-13-12-22(16-11-14(23-5)10-15(20)18(16)21)9-8-17(13)24-25(6,7)19(2,3)4/h10-11,13,17H,8-9,12H2,1-7H3. The molecule has 1 aliphatic heterocycles. The Balaban J connectivity index is 2.13. The van der Waals surface area contributed by atoms with Gasteiger partial charge in [0.25, 0.3) is 0 Å². The molecule has 2 rings (SSSR count). The molecule has 1 heterocycles. The van der Waals surface area contributed by atoms with Crippen LogP contribution in [0, 0.1) is 17.6 Å². The molecule has 142 valence electrons. The molecule has 0 spiro atoms. The monoisotopic (exact) mass is 371 g/mol. The second kappa shape index (κ2) is 7.23. The lowest BCUT2D eigenvalue weighted by atomic mass is 9.96. The number of halogens is 2. The highest BCUT2D eigenvalue weighted by molar-refractivity contribution is 6.74. The third-order valence-electron chi connectivity index (χ3n) is 5.64. The number of methoxy groups -OCH3 is 1. The van der Waals surface area contributed by atoms with Crippen LogP contribution >= 0.6 is 0 Å². The number of nitrogens with zero attached hydrogens (tertiary/aromatic N) is 1. The highest BCUT2D eigenvalue weighted by atomic mass is 28.4. The Labute approximate surface area is 151 Å². The van der Waals surface area contributed by atoms with Crippen molar-refractivity contribution >= 4 is 14.0 Å². The van der Waals surface area contributed by atoms with Crippen molar-refractivity contribution < 1.29 is 17.9 Å². The van der Waals surface area contributed by atoms with Gasteiger partial charge in [-0.3, -0.25) is 0 Å². The van der Waals surface area contributed by atoms with E-state index in [1.54, 1.807) is 6.07 Å². The molecule has 0 aliphatic carbocycles. The van der Waals surface area contributed by atoms with Crippen LogP contribution in [0.25, 0.3) is 0 Å². The van der Waals surface area contributed by atoms with Crippen LogP contribution in [-0.4, -0.2) is 34.6 Å². The molecule has 2 atom stereocenters. The zero-order valence-electron chi connectivity index (χ0n) is 16.5. The highest BCUT2D eigenvalue weighted by Crippen LogP contribution is 2.40. The number of piperidine rings is 1. The van der Waals surface area contributed by atoms with E-state index < -0.39 is 20.0 Å². The highest BCUT2D eigenvalue weighted by Gasteiger charge is 2.41. The Morgan fingerprint density at radius 1 is 1.20 bits per heavy atom. The van der Waals surface area contributed by atoms with Crippen LogP contribution in [0.1, 0.15) is 34.1 Å². The molecule has 0 aromatic heterocycles. The molecule has 1 fully saturated rings. The number of anilines is 1. The summed E-state index contributed by atoms with van der Waals surface area (Å²) in [7, 11) is -0.386. The van der Waals surface area contributed by atoms with Gasteiger partial charge in [0.2, 0.25) is 0 Å². The van der Waals surface area contributed by atoms with E-state index in [0.29, 0.717) is 18.8 Å². The summed E-state index contributed by atoms with van der Waals surface area (Å²) < 4.78 is 39.7. The van der Waals surface area contributed by atoms with Gasteiger partial charge < -0.3 is 14.1 Å². The Bertz CT molecular complexity index is 616. The van der Waals surface area contributed by atoms with Crippen molar-refractivity contribution in [3.05, 3.63) is 23.8 Å². The molecule has 1 aliphatic rings. The van der Waals surface area contributed by atoms with Crippen molar-refractivity contribution in [2.45, 2.75) is 58.4 Å². The molecule has 3 nitrogen and oxygen atoms in total. The first-order valence-corrected chi connectivity index (χ1v) is 11.8. The summed E-state index contributed by atoms with van der Waals surface area (Å²) in [6, 6.07) is 2.65. The van der Waals surface area contributed by atoms with E-state index >= 15 is 0 Å². The summed E-state index contributed by atoms with van der Waals surface area (Å²) in [6.07, 6.45) is 0.974. The molecule has 1 aromatic rings. The number of rotatable bonds is 4. The van der Waals surface area contributed by atoms with Crippen molar-refractivity contribution in [1.29, 1.82) is 0 Å². The summed E-state index contributed by atoms with van der Waals surface area (Å²) >= 11 is 0. The lowest BCUT2D eigenvalue weighted by molar-refractivity contribution is 0.106. The zero-order chi connectivity index (χ0) is 19.0. The second-order valence-corrected chi connectivity index (χ2v) is 13.3. The SMILES string of the molecule is COc1cc(F)c(F)c(N2CCC(O[Si](C)(C)C(C)(C)C)C(C)C2)c1. The molecule has 6 heteroatoms. The first-order chi connectivity index (χ1) is 11.5. The van der Waals surface area contributed by atoms with Crippen LogP contribution in [0.4, 0.5) is 14.5 Å². The number of ether oxygens (including phenoxy) is 1. The van der Waals surface area contributed by atoms with E-state index in [0.717, 1.165) is 12.5 Å². The maximum atomic E-state index is 14.3. The number of hydrogen-bond donors (Lipinski definition) is 0. The minimum absolute atomic E-state index is 0.159. The van der Waals surface area contributed by atoms with Gasteiger partial charge in [-0.05, 0) is 30.5 Å². The topological polar surface area (TPSA) is 21.7 Å². The van der Waals surface area contributed by atoms with E-state index in [4.69, 9.17) is 9.16 Å². The number of benzene rings is 1. The van der Waals surface area contributed by atoms with E-state index in [9.17, 15) is 8.78 Å². The van der Waals surface area contributed by atoms with Gasteiger partial charge in [-0.1, -0.05) is 27.7 Å². The molecule has 25 heavy (non-hydrogen) atoms. The van der Waals surface area contributed by atoms with Gasteiger partial charge in [0.1, 0.15) is 5.75 Å². The minimum Gasteiger partial charge on any atom is -0.497 e. The van der Waals surface area contributed by atoms with Crippen molar-refractivity contribution in [3.63, 3.8) is 0 Å². The van der Waals surface area contributed by atoms with Crippen molar-refractivity contribution in [3.8, 4) is 5.75 Å². The summed E-state index contributed by atoms with van der Waals surface area (Å²) in [6.45, 7) is 14.6. The van der Waals surface area contributed by atoms with E-state index in [2.05, 4.69) is 40.8 Å². The smallest absolute Gasteiger partial charge is 0.192 e. The third kappa shape index (κ3) is 4.34. The van der Waals surface area contributed by atoms with Crippen LogP contribution in [0.5, 0.6) is 5.75 Å². The maximum Gasteiger partial charge on any atom is 0.192 e. The fourth-order valence-electron chi connectivity index (χ4n) is 2.97. The van der Waals surface area contributed by atoms with Crippen LogP contribution < -0.4 is 9.64 Å². The molecular weight excluding hydrogens is 340 g/mol. The minimum atomic E-state index is -1.84. The summed E-state index contributed by atoms with van der Waals surface area (Å²) in [4.78, 5) is 1.90. The Morgan fingerprint density at radius 2 is 1.84 bits per heavy atom. The summed E-state index contributed by atoms with van der Waals surface area (Å²) in [5.41, 5.74) is 0.273. The average Bonchev–Trinajstić information content (AvgIpc) is 2.50. The third-order valence-corrected chi connectivity index (χ3v) is 10.1. The molecule has 0 bridgehead atoms. The Morgan fingerprint density at radius 3 is 2.36 bits per heavy atom. The zero-order valence-corrected chi connectivity index (χ0v) is 17.5. The predicted octanol–water partition coefficient (Wildman–Crippen LogP) is 5.21. The summed E-state index contributed by atoms with van der Waals surface area (Å²) in [5.74, 6) is -1.10. The average molecular weight is 372 g/mol. The molecule has 0 amide bonds. The molecular formula is C19H31F2NO2Si. The quantitative estimate of drug-likeness (QED) is 0.678. The van der Waals surface area contributed by atoms with Gasteiger partial charge in [0.15, 0.2) is 20.0 Å². The van der Waals surface area contributed by atoms with E-state index in [1.165, 1.54) is 7.11 Å². The van der Waals surface area contributed by atoms with Gasteiger partial charge in [-0.25, -0.2) is 8.78 Å². The van der Waals surface area contributed by atoms with Gasteiger partial charge in [0.05, 0.1) is 18.9 Å². The lowest BCUT2D eigenvalue weighted by Crippen LogP contribution is -2.50. The Kier molecular flexibility index (Phi) is 5.84. The van der Waals surface area contributed by atoms with Crippen molar-refractivity contribution in [2.24, 2.45) is 5.92 Å². The molecule has 0 radical (unpaired) electrons. The number of hydrogen-bond acceptors (Lipinski definition) is 3. The van der Waals surface area contributed by atoms with Crippen LogP contribution in [0.3, 0.4) is 0 Å². The fourth-order valence-corrected chi connectivity index (χ4v) is 4.43. The van der Waals surface area contributed by atoms with Gasteiger partial charge in [-0.15, -0.1) is 0 Å². The van der Waals surface area contributed by atoms with E-state index in [1.807, 2.05) is 4.90 Å². The van der Waals surface area contributed by atoms with Crippen LogP contribution in [-0.2, 0) is 4.43 Å². The molecule has 0 N–H and O–H groups in total. The van der Waals surface area contributed by atoms with Gasteiger partial charge in [0, 0.05) is 25.2 Å². The molecule has 1 aromatic carbocycles. The molecule has 1 saturated heterocycles. The van der Waals surface area contributed by atoms with Crippen molar-refractivity contribution in [1.82, 2.24) is 0 Å². The predicted molar refractivity (Wildman–Crippen MR) is 101 cm³/mol. The van der Waals surface area contributed by atoms with Crippen LogP contribution in [0.2, 0.25) is 18.1 Å². The summed E-state index contributed by atoms with van der Waals surface area (Å²) in [5, 5.41) is 0.159. The first-order valence-electron chi connectivity index (χ1n) is 8.92. The van der Waals surface area contributed by atoms with E-state index in [-0.39, 0.29) is 22.7 Å². The largest absolute Gasteiger partial charge is 0.497 e. The van der Waals surface area contributed by atoms with Crippen molar-refractivity contribution in [2.75, 3.05) is 25.1 Å². The molecule has 2 unspecified atom stereocenters. The van der Waals surface area contributed by atoms with Gasteiger partial charge in [-0.2, -0.15) is 0 Å². The fraction of sp³-hybridized carbons (Fsp3) is 0.684. The second-order valence-electron chi connectivity index (χ2n) is 8.57. The normalized spacial score (nSPS) is 22.2.